The van der Waals surface area contributed by atoms with Crippen LogP contribution in [0, 0.1) is 0 Å². The van der Waals surface area contributed by atoms with Crippen LogP contribution in [0.2, 0.25) is 0 Å². The van der Waals surface area contributed by atoms with Crippen molar-refractivity contribution in [2.45, 2.75) is 83.5 Å². The predicted molar refractivity (Wildman–Crippen MR) is 303 cm³/mol. The van der Waals surface area contributed by atoms with E-state index in [1.54, 1.807) is 5.57 Å². The third kappa shape index (κ3) is 7.15. The first kappa shape index (κ1) is 43.0. The zero-order valence-electron chi connectivity index (χ0n) is 41.2. The Morgan fingerprint density at radius 3 is 2.21 bits per heavy atom. The van der Waals surface area contributed by atoms with Crippen LogP contribution in [0.15, 0.2) is 196 Å². The topological polar surface area (TPSA) is 29.5 Å². The Morgan fingerprint density at radius 1 is 0.514 bits per heavy atom. The maximum absolute atomic E-state index is 6.51. The van der Waals surface area contributed by atoms with Crippen LogP contribution in [0.5, 0.6) is 0 Å². The highest BCUT2D eigenvalue weighted by atomic mass is 16.3. The van der Waals surface area contributed by atoms with E-state index in [4.69, 9.17) is 8.83 Å². The number of hydrogen-bond donors (Lipinski definition) is 0. The predicted octanol–water partition coefficient (Wildman–Crippen LogP) is 17.6. The van der Waals surface area contributed by atoms with Crippen molar-refractivity contribution in [2.75, 3.05) is 4.90 Å². The number of rotatable bonds is 8. The third-order valence-corrected chi connectivity index (χ3v) is 16.5. The maximum atomic E-state index is 6.51. The van der Waals surface area contributed by atoms with E-state index >= 15 is 0 Å². The lowest BCUT2D eigenvalue weighted by Gasteiger charge is -2.31. The van der Waals surface area contributed by atoms with Crippen molar-refractivity contribution in [2.24, 2.45) is 0 Å². The molecule has 0 saturated heterocycles. The number of hydrogen-bond acceptors (Lipinski definition) is 3. The molecule has 2 aromatic heterocycles. The van der Waals surface area contributed by atoms with Crippen LogP contribution in [0.1, 0.15) is 111 Å². The second-order valence-electron chi connectivity index (χ2n) is 21.1. The van der Waals surface area contributed by atoms with Crippen LogP contribution in [-0.2, 0) is 5.41 Å². The van der Waals surface area contributed by atoms with Crippen molar-refractivity contribution in [3.05, 3.63) is 231 Å². The van der Waals surface area contributed by atoms with E-state index in [0.717, 1.165) is 114 Å². The summed E-state index contributed by atoms with van der Waals surface area (Å²) in [5, 5.41) is 4.75. The lowest BCUT2D eigenvalue weighted by atomic mass is 9.76. The highest BCUT2D eigenvalue weighted by Gasteiger charge is 2.40. The summed E-state index contributed by atoms with van der Waals surface area (Å²) in [6.07, 6.45) is 36.3. The summed E-state index contributed by atoms with van der Waals surface area (Å²) in [5.74, 6) is 0. The maximum Gasteiger partial charge on any atom is 0.143 e. The van der Waals surface area contributed by atoms with Crippen LogP contribution in [0.25, 0.3) is 84.1 Å². The molecule has 6 aliphatic rings. The highest BCUT2D eigenvalue weighted by molar-refractivity contribution is 6.09. The molecule has 3 nitrogen and oxygen atoms in total. The minimum Gasteiger partial charge on any atom is -0.456 e. The molecule has 8 aromatic rings. The van der Waals surface area contributed by atoms with E-state index in [2.05, 4.69) is 201 Å². The minimum absolute atomic E-state index is 0.0532. The van der Waals surface area contributed by atoms with Gasteiger partial charge in [0.25, 0.3) is 0 Å². The van der Waals surface area contributed by atoms with Gasteiger partial charge in [0.05, 0.1) is 0 Å². The third-order valence-electron chi connectivity index (χ3n) is 16.5. The van der Waals surface area contributed by atoms with Crippen molar-refractivity contribution < 1.29 is 8.83 Å². The first-order valence-electron chi connectivity index (χ1n) is 26.3. The average Bonchev–Trinajstić information content (AvgIpc) is 4.08. The summed E-state index contributed by atoms with van der Waals surface area (Å²) in [6.45, 7) is 4.94. The smallest absolute Gasteiger partial charge is 0.143 e. The van der Waals surface area contributed by atoms with E-state index in [-0.39, 0.29) is 5.41 Å². The Bertz CT molecular complexity index is 3990. The summed E-state index contributed by atoms with van der Waals surface area (Å²) in [6, 6.07) is 45.2. The average molecular weight is 932 g/mol. The molecule has 0 amide bonds. The highest BCUT2D eigenvalue weighted by Crippen LogP contribution is 2.55. The zero-order chi connectivity index (χ0) is 47.9. The molecule has 0 bridgehead atoms. The summed E-state index contributed by atoms with van der Waals surface area (Å²) < 4.78 is 12.9. The Kier molecular flexibility index (Phi) is 10.2. The quantitative estimate of drug-likeness (QED) is 0.152. The van der Waals surface area contributed by atoms with Gasteiger partial charge in [0.1, 0.15) is 22.2 Å². The molecule has 0 N–H and O–H groups in total. The van der Waals surface area contributed by atoms with Crippen LogP contribution in [-0.4, -0.2) is 0 Å². The normalized spacial score (nSPS) is 17.9. The number of fused-ring (bicyclic) bond motifs is 8. The van der Waals surface area contributed by atoms with Gasteiger partial charge < -0.3 is 13.7 Å². The van der Waals surface area contributed by atoms with Crippen LogP contribution < -0.4 is 15.5 Å². The molecule has 0 unspecified atom stereocenters. The van der Waals surface area contributed by atoms with Gasteiger partial charge in [-0.1, -0.05) is 141 Å². The Labute approximate surface area is 421 Å². The van der Waals surface area contributed by atoms with Crippen molar-refractivity contribution >= 4 is 84.3 Å². The molecule has 72 heavy (non-hydrogen) atoms. The van der Waals surface area contributed by atoms with E-state index in [1.165, 1.54) is 83.2 Å². The van der Waals surface area contributed by atoms with Crippen molar-refractivity contribution in [1.82, 2.24) is 0 Å². The fourth-order valence-corrected chi connectivity index (χ4v) is 12.8. The SMILES string of the molecule is CC1(C)C2=C(C=C(c3cccc(N(C4=CC=C(c5ccc6c7c(oc6c5)=CCCC=7)CC4)c4ccc(-c5cccc6c5oc5ccccc56)cc4)c3)CC2)c2c(C3=CC=CCC3)cc(C3=CCCC=C3)cc21. The van der Waals surface area contributed by atoms with Crippen molar-refractivity contribution in [3.8, 4) is 11.1 Å². The van der Waals surface area contributed by atoms with Gasteiger partial charge in [-0.15, -0.1) is 0 Å². The lowest BCUT2D eigenvalue weighted by Crippen LogP contribution is -2.21. The summed E-state index contributed by atoms with van der Waals surface area (Å²) in [4.78, 5) is 2.50. The van der Waals surface area contributed by atoms with Gasteiger partial charge in [0, 0.05) is 49.4 Å². The summed E-state index contributed by atoms with van der Waals surface area (Å²) in [7, 11) is 0. The Balaban J connectivity index is 0.861. The van der Waals surface area contributed by atoms with E-state index in [0.29, 0.717) is 0 Å². The van der Waals surface area contributed by atoms with E-state index in [9.17, 15) is 0 Å². The van der Waals surface area contributed by atoms with Crippen LogP contribution in [0.4, 0.5) is 11.4 Å². The number of para-hydroxylation sites is 2. The fraction of sp³-hybridized carbons (Fsp3) is 0.188. The molecular weight excluding hydrogens is 875 g/mol. The molecule has 2 heterocycles. The molecular formula is C69H57NO2. The van der Waals surface area contributed by atoms with Crippen molar-refractivity contribution in [3.63, 3.8) is 0 Å². The van der Waals surface area contributed by atoms with Crippen LogP contribution in [0.3, 0.4) is 0 Å². The monoisotopic (exact) mass is 931 g/mol. The van der Waals surface area contributed by atoms with Gasteiger partial charge in [-0.25, -0.2) is 0 Å². The Morgan fingerprint density at radius 2 is 1.35 bits per heavy atom. The number of furan rings is 2. The number of nitrogens with zero attached hydrogens (tertiary/aromatic N) is 1. The lowest BCUT2D eigenvalue weighted by molar-refractivity contribution is 0.571. The van der Waals surface area contributed by atoms with E-state index in [1.807, 2.05) is 6.07 Å². The Hall–Kier alpha value is -7.88. The molecule has 6 aromatic carbocycles. The zero-order valence-corrected chi connectivity index (χ0v) is 41.2. The summed E-state index contributed by atoms with van der Waals surface area (Å²) >= 11 is 0. The van der Waals surface area contributed by atoms with Crippen LogP contribution >= 0.6 is 0 Å². The molecule has 0 saturated carbocycles. The number of allylic oxidation sites excluding steroid dienone is 16. The minimum atomic E-state index is -0.0532. The standard InChI is InChI=1S/C69H57NO2/c1-69(2)62-38-32-49(40-61(62)67-60(46-17-7-4-8-18-46)41-51(42-63(67)69)44-15-5-3-6-16-44)48-19-13-20-54(39-48)70(52-33-27-45(28-34-52)50-31-37-58-56-21-9-11-25-64(56)71-66(58)43-50)53-35-29-47(30-36-53)55-23-14-24-59-57-22-10-12-26-65(57)72-68(55)59/h4-5,7,10,12-17,19-27,29-31,33,35-37,39-43H,3,6,8-9,11,18,28,32,34,38H2,1-2H3. The van der Waals surface area contributed by atoms with Gasteiger partial charge >= 0.3 is 0 Å². The largest absolute Gasteiger partial charge is 0.456 e. The van der Waals surface area contributed by atoms with Gasteiger partial charge in [-0.2, -0.15) is 0 Å². The fourth-order valence-electron chi connectivity index (χ4n) is 12.8. The van der Waals surface area contributed by atoms with E-state index < -0.39 is 0 Å². The molecule has 6 aliphatic carbocycles. The van der Waals surface area contributed by atoms with Gasteiger partial charge in [0.2, 0.25) is 0 Å². The molecule has 14 rings (SSSR count). The van der Waals surface area contributed by atoms with Gasteiger partial charge in [0.15, 0.2) is 0 Å². The first-order chi connectivity index (χ1) is 35.4. The second kappa shape index (κ2) is 17.2. The molecule has 0 fully saturated rings. The second-order valence-corrected chi connectivity index (χ2v) is 21.1. The number of anilines is 2. The van der Waals surface area contributed by atoms with Gasteiger partial charge in [-0.3, -0.25) is 0 Å². The molecule has 3 heteroatoms. The molecule has 0 atom stereocenters. The number of benzene rings is 6. The molecule has 0 radical (unpaired) electrons. The molecule has 350 valence electrons. The summed E-state index contributed by atoms with van der Waals surface area (Å²) in [5.41, 5.74) is 26.4. The molecule has 0 spiro atoms. The molecule has 0 aliphatic heterocycles. The first-order valence-corrected chi connectivity index (χ1v) is 26.3. The van der Waals surface area contributed by atoms with Crippen molar-refractivity contribution in [1.29, 1.82) is 0 Å². The van der Waals surface area contributed by atoms with Gasteiger partial charge in [-0.05, 0) is 198 Å².